The topological polar surface area (TPSA) is 42.4 Å². The Balaban J connectivity index is 2.22. The number of aromatic hydroxyl groups is 1. The van der Waals surface area contributed by atoms with Gasteiger partial charge >= 0.3 is 0 Å². The standard InChI is InChI=1S/C12H11NO2/c1-9-5-6-13-12(7-9)15-11-4-2-3-10(14)8-11/h2-8,14H,1H3. The molecule has 1 aromatic heterocycles. The number of aryl methyl sites for hydroxylation is 1. The lowest BCUT2D eigenvalue weighted by molar-refractivity contribution is 0.445. The van der Waals surface area contributed by atoms with Crippen molar-refractivity contribution in [2.45, 2.75) is 6.92 Å². The highest BCUT2D eigenvalue weighted by Crippen LogP contribution is 2.23. The molecule has 0 aliphatic rings. The van der Waals surface area contributed by atoms with Crippen LogP contribution in [0.4, 0.5) is 0 Å². The Morgan fingerprint density at radius 3 is 2.80 bits per heavy atom. The van der Waals surface area contributed by atoms with Gasteiger partial charge in [-0.05, 0) is 30.7 Å². The minimum atomic E-state index is 0.181. The summed E-state index contributed by atoms with van der Waals surface area (Å²) >= 11 is 0. The zero-order chi connectivity index (χ0) is 10.7. The first-order valence-electron chi connectivity index (χ1n) is 4.63. The number of hydrogen-bond donors (Lipinski definition) is 1. The quantitative estimate of drug-likeness (QED) is 0.812. The van der Waals surface area contributed by atoms with Gasteiger partial charge in [-0.1, -0.05) is 6.07 Å². The number of phenolic OH excluding ortho intramolecular Hbond substituents is 1. The van der Waals surface area contributed by atoms with Crippen LogP contribution in [0.2, 0.25) is 0 Å². The molecule has 0 amide bonds. The summed E-state index contributed by atoms with van der Waals surface area (Å²) in [6, 6.07) is 10.4. The number of ether oxygens (including phenoxy) is 1. The van der Waals surface area contributed by atoms with Crippen LogP contribution in [-0.4, -0.2) is 10.1 Å². The van der Waals surface area contributed by atoms with Crippen LogP contribution in [0, 0.1) is 6.92 Å². The smallest absolute Gasteiger partial charge is 0.219 e. The molecular weight excluding hydrogens is 190 g/mol. The third-order valence-corrected chi connectivity index (χ3v) is 1.93. The predicted molar refractivity (Wildman–Crippen MR) is 57.2 cm³/mol. The highest BCUT2D eigenvalue weighted by Gasteiger charge is 1.99. The zero-order valence-electron chi connectivity index (χ0n) is 8.34. The maximum atomic E-state index is 9.25. The molecule has 0 aliphatic heterocycles. The normalized spacial score (nSPS) is 9.93. The zero-order valence-corrected chi connectivity index (χ0v) is 8.34. The number of phenols is 1. The van der Waals surface area contributed by atoms with E-state index < -0.39 is 0 Å². The van der Waals surface area contributed by atoms with Crippen molar-refractivity contribution in [3.05, 3.63) is 48.2 Å². The third-order valence-electron chi connectivity index (χ3n) is 1.93. The highest BCUT2D eigenvalue weighted by atomic mass is 16.5. The van der Waals surface area contributed by atoms with Crippen molar-refractivity contribution in [3.8, 4) is 17.4 Å². The lowest BCUT2D eigenvalue weighted by Crippen LogP contribution is -1.87. The van der Waals surface area contributed by atoms with Gasteiger partial charge in [0.25, 0.3) is 0 Å². The van der Waals surface area contributed by atoms with Gasteiger partial charge in [0.2, 0.25) is 5.88 Å². The lowest BCUT2D eigenvalue weighted by atomic mass is 10.3. The Bertz CT molecular complexity index is 425. The van der Waals surface area contributed by atoms with Gasteiger partial charge < -0.3 is 9.84 Å². The Labute approximate surface area is 88.0 Å². The van der Waals surface area contributed by atoms with Crippen molar-refractivity contribution >= 4 is 0 Å². The maximum Gasteiger partial charge on any atom is 0.219 e. The van der Waals surface area contributed by atoms with E-state index in [0.717, 1.165) is 5.56 Å². The molecule has 0 saturated carbocycles. The Morgan fingerprint density at radius 2 is 2.07 bits per heavy atom. The van der Waals surface area contributed by atoms with Gasteiger partial charge in [-0.2, -0.15) is 0 Å². The van der Waals surface area contributed by atoms with Crippen molar-refractivity contribution in [1.29, 1.82) is 0 Å². The Hall–Kier alpha value is -2.03. The molecule has 0 unspecified atom stereocenters. The van der Waals surface area contributed by atoms with Crippen LogP contribution in [0.5, 0.6) is 17.4 Å². The monoisotopic (exact) mass is 201 g/mol. The summed E-state index contributed by atoms with van der Waals surface area (Å²) in [5.41, 5.74) is 1.08. The van der Waals surface area contributed by atoms with E-state index in [1.54, 1.807) is 30.5 Å². The molecule has 2 aromatic rings. The van der Waals surface area contributed by atoms with Crippen molar-refractivity contribution in [3.63, 3.8) is 0 Å². The number of aromatic nitrogens is 1. The Morgan fingerprint density at radius 1 is 1.20 bits per heavy atom. The molecule has 1 heterocycles. The number of pyridine rings is 1. The molecule has 15 heavy (non-hydrogen) atoms. The van der Waals surface area contributed by atoms with Crippen molar-refractivity contribution < 1.29 is 9.84 Å². The van der Waals surface area contributed by atoms with Crippen molar-refractivity contribution in [1.82, 2.24) is 4.98 Å². The number of benzene rings is 1. The number of hydrogen-bond acceptors (Lipinski definition) is 3. The van der Waals surface area contributed by atoms with E-state index in [-0.39, 0.29) is 5.75 Å². The first kappa shape index (κ1) is 9.52. The van der Waals surface area contributed by atoms with Crippen molar-refractivity contribution in [2.24, 2.45) is 0 Å². The number of nitrogens with zero attached hydrogens (tertiary/aromatic N) is 1. The van der Waals surface area contributed by atoms with Gasteiger partial charge in [0.15, 0.2) is 0 Å². The molecule has 2 rings (SSSR count). The van der Waals surface area contributed by atoms with E-state index in [1.165, 1.54) is 0 Å². The van der Waals surface area contributed by atoms with Crippen LogP contribution in [-0.2, 0) is 0 Å². The molecule has 0 bridgehead atoms. The Kier molecular flexibility index (Phi) is 2.54. The van der Waals surface area contributed by atoms with E-state index in [2.05, 4.69) is 4.98 Å². The van der Waals surface area contributed by atoms with E-state index in [4.69, 9.17) is 4.74 Å². The fraction of sp³-hybridized carbons (Fsp3) is 0.0833. The fourth-order valence-electron chi connectivity index (χ4n) is 1.23. The van der Waals surface area contributed by atoms with Crippen molar-refractivity contribution in [2.75, 3.05) is 0 Å². The lowest BCUT2D eigenvalue weighted by Gasteiger charge is -2.04. The average Bonchev–Trinajstić information content (AvgIpc) is 2.17. The molecule has 76 valence electrons. The van der Waals surface area contributed by atoms with Crippen LogP contribution < -0.4 is 4.74 Å². The molecule has 0 aliphatic carbocycles. The molecule has 1 aromatic carbocycles. The van der Waals surface area contributed by atoms with Gasteiger partial charge in [0.05, 0.1) is 0 Å². The SMILES string of the molecule is Cc1ccnc(Oc2cccc(O)c2)c1. The second-order valence-electron chi connectivity index (χ2n) is 3.27. The van der Waals surface area contributed by atoms with Gasteiger partial charge in [-0.15, -0.1) is 0 Å². The van der Waals surface area contributed by atoms with E-state index in [9.17, 15) is 5.11 Å². The van der Waals surface area contributed by atoms with Crippen LogP contribution in [0.25, 0.3) is 0 Å². The van der Waals surface area contributed by atoms with Crippen LogP contribution >= 0.6 is 0 Å². The summed E-state index contributed by atoms with van der Waals surface area (Å²) in [7, 11) is 0. The summed E-state index contributed by atoms with van der Waals surface area (Å²) in [6.07, 6.45) is 1.69. The molecule has 0 fully saturated rings. The molecule has 3 heteroatoms. The minimum Gasteiger partial charge on any atom is -0.508 e. The summed E-state index contributed by atoms with van der Waals surface area (Å²) in [6.45, 7) is 1.97. The summed E-state index contributed by atoms with van der Waals surface area (Å²) < 4.78 is 5.47. The largest absolute Gasteiger partial charge is 0.508 e. The second kappa shape index (κ2) is 4.00. The molecule has 0 radical (unpaired) electrons. The van der Waals surface area contributed by atoms with Gasteiger partial charge in [0.1, 0.15) is 11.5 Å². The molecule has 0 atom stereocenters. The summed E-state index contributed by atoms with van der Waals surface area (Å²) in [5.74, 6) is 1.29. The van der Waals surface area contributed by atoms with Crippen LogP contribution in [0.3, 0.4) is 0 Å². The fourth-order valence-corrected chi connectivity index (χ4v) is 1.23. The van der Waals surface area contributed by atoms with Gasteiger partial charge in [0, 0.05) is 18.3 Å². The summed E-state index contributed by atoms with van der Waals surface area (Å²) in [4.78, 5) is 4.06. The van der Waals surface area contributed by atoms with Crippen LogP contribution in [0.15, 0.2) is 42.6 Å². The average molecular weight is 201 g/mol. The van der Waals surface area contributed by atoms with Crippen LogP contribution in [0.1, 0.15) is 5.56 Å². The first-order chi connectivity index (χ1) is 7.24. The molecular formula is C12H11NO2. The van der Waals surface area contributed by atoms with Gasteiger partial charge in [-0.25, -0.2) is 4.98 Å². The molecule has 1 N–H and O–H groups in total. The van der Waals surface area contributed by atoms with Gasteiger partial charge in [-0.3, -0.25) is 0 Å². The minimum absolute atomic E-state index is 0.181. The first-order valence-corrected chi connectivity index (χ1v) is 4.63. The third kappa shape index (κ3) is 2.47. The predicted octanol–water partition coefficient (Wildman–Crippen LogP) is 2.89. The van der Waals surface area contributed by atoms with E-state index in [0.29, 0.717) is 11.6 Å². The molecule has 0 saturated heterocycles. The second-order valence-corrected chi connectivity index (χ2v) is 3.27. The van der Waals surface area contributed by atoms with E-state index in [1.807, 2.05) is 19.1 Å². The highest BCUT2D eigenvalue weighted by molar-refractivity contribution is 5.34. The van der Waals surface area contributed by atoms with E-state index >= 15 is 0 Å². The maximum absolute atomic E-state index is 9.25. The molecule has 3 nitrogen and oxygen atoms in total. The molecule has 0 spiro atoms. The number of rotatable bonds is 2. The summed E-state index contributed by atoms with van der Waals surface area (Å²) in [5, 5.41) is 9.25.